The molecule has 2 aromatic rings. The van der Waals surface area contributed by atoms with Crippen molar-refractivity contribution in [3.8, 4) is 0 Å². The minimum absolute atomic E-state index is 0.171. The predicted molar refractivity (Wildman–Crippen MR) is 66.1 cm³/mol. The van der Waals surface area contributed by atoms with E-state index in [0.717, 1.165) is 11.6 Å². The van der Waals surface area contributed by atoms with Gasteiger partial charge in [-0.15, -0.1) is 0 Å². The third-order valence-electron chi connectivity index (χ3n) is 2.89. The van der Waals surface area contributed by atoms with Crippen LogP contribution >= 0.6 is 0 Å². The van der Waals surface area contributed by atoms with Crippen LogP contribution < -0.4 is 5.73 Å². The van der Waals surface area contributed by atoms with E-state index in [1.807, 2.05) is 12.1 Å². The topological polar surface area (TPSA) is 38.9 Å². The number of benzene rings is 1. The van der Waals surface area contributed by atoms with E-state index in [-0.39, 0.29) is 5.92 Å². The molecule has 0 aliphatic heterocycles. The molecule has 1 aromatic heterocycles. The van der Waals surface area contributed by atoms with Crippen molar-refractivity contribution >= 4 is 0 Å². The maximum Gasteiger partial charge on any atom is 0.129 e. The number of pyridine rings is 1. The van der Waals surface area contributed by atoms with Gasteiger partial charge in [0, 0.05) is 24.4 Å². The Morgan fingerprint density at radius 3 is 2.67 bits per heavy atom. The molecule has 0 saturated heterocycles. The molecule has 0 spiro atoms. The summed E-state index contributed by atoms with van der Waals surface area (Å²) in [4.78, 5) is 4.01. The molecule has 1 atom stereocenters. The molecule has 1 heterocycles. The molecule has 2 rings (SSSR count). The van der Waals surface area contributed by atoms with Crippen LogP contribution in [0.4, 0.5) is 8.78 Å². The number of nitrogens with zero attached hydrogens (tertiary/aromatic N) is 1. The molecule has 1 aromatic carbocycles. The van der Waals surface area contributed by atoms with E-state index in [1.165, 1.54) is 12.1 Å². The summed E-state index contributed by atoms with van der Waals surface area (Å²) >= 11 is 0. The van der Waals surface area contributed by atoms with Gasteiger partial charge >= 0.3 is 0 Å². The molecule has 18 heavy (non-hydrogen) atoms. The molecule has 0 radical (unpaired) electrons. The van der Waals surface area contributed by atoms with Crippen LogP contribution in [-0.2, 0) is 6.42 Å². The lowest BCUT2D eigenvalue weighted by Crippen LogP contribution is -2.16. The largest absolute Gasteiger partial charge is 0.330 e. The van der Waals surface area contributed by atoms with E-state index >= 15 is 0 Å². The minimum Gasteiger partial charge on any atom is -0.330 e. The third kappa shape index (κ3) is 2.90. The summed E-state index contributed by atoms with van der Waals surface area (Å²) in [5.74, 6) is -1.29. The monoisotopic (exact) mass is 248 g/mol. The first kappa shape index (κ1) is 12.6. The van der Waals surface area contributed by atoms with E-state index in [1.54, 1.807) is 12.4 Å². The van der Waals surface area contributed by atoms with Gasteiger partial charge in [-0.1, -0.05) is 12.1 Å². The second kappa shape index (κ2) is 5.69. The Balaban J connectivity index is 2.23. The van der Waals surface area contributed by atoms with Crippen LogP contribution in [0, 0.1) is 11.6 Å². The smallest absolute Gasteiger partial charge is 0.129 e. The van der Waals surface area contributed by atoms with Gasteiger partial charge in [0.1, 0.15) is 11.6 Å². The van der Waals surface area contributed by atoms with Crippen molar-refractivity contribution in [3.63, 3.8) is 0 Å². The summed E-state index contributed by atoms with van der Waals surface area (Å²) in [5, 5.41) is 0. The number of hydrogen-bond acceptors (Lipinski definition) is 2. The molecule has 0 aliphatic carbocycles. The molecule has 0 fully saturated rings. The van der Waals surface area contributed by atoms with Gasteiger partial charge in [0.2, 0.25) is 0 Å². The highest BCUT2D eigenvalue weighted by molar-refractivity contribution is 5.25. The fraction of sp³-hybridized carbons (Fsp3) is 0.214. The maximum atomic E-state index is 13.7. The Bertz CT molecular complexity index is 514. The van der Waals surface area contributed by atoms with Crippen molar-refractivity contribution in [1.82, 2.24) is 4.98 Å². The number of halogens is 2. The lowest BCUT2D eigenvalue weighted by Gasteiger charge is -2.16. The molecule has 4 heteroatoms. The van der Waals surface area contributed by atoms with Gasteiger partial charge in [0.25, 0.3) is 0 Å². The first-order chi connectivity index (χ1) is 8.70. The summed E-state index contributed by atoms with van der Waals surface area (Å²) in [7, 11) is 0. The third-order valence-corrected chi connectivity index (χ3v) is 2.89. The first-order valence-electron chi connectivity index (χ1n) is 5.74. The van der Waals surface area contributed by atoms with Crippen LogP contribution in [0.1, 0.15) is 17.0 Å². The summed E-state index contributed by atoms with van der Waals surface area (Å²) in [6.45, 7) is 0.303. The highest BCUT2D eigenvalue weighted by atomic mass is 19.1. The van der Waals surface area contributed by atoms with Crippen molar-refractivity contribution in [1.29, 1.82) is 0 Å². The van der Waals surface area contributed by atoms with Gasteiger partial charge in [0.15, 0.2) is 0 Å². The molecule has 0 aliphatic rings. The second-order valence-corrected chi connectivity index (χ2v) is 4.16. The quantitative estimate of drug-likeness (QED) is 0.903. The maximum absolute atomic E-state index is 13.7. The van der Waals surface area contributed by atoms with Gasteiger partial charge in [0.05, 0.1) is 0 Å². The van der Waals surface area contributed by atoms with Gasteiger partial charge in [-0.2, -0.15) is 0 Å². The molecule has 2 N–H and O–H groups in total. The van der Waals surface area contributed by atoms with E-state index < -0.39 is 11.6 Å². The van der Waals surface area contributed by atoms with Crippen molar-refractivity contribution in [2.24, 2.45) is 5.73 Å². The predicted octanol–water partition coefficient (Wildman–Crippen LogP) is 2.64. The first-order valence-corrected chi connectivity index (χ1v) is 5.74. The molecule has 1 unspecified atom stereocenters. The summed E-state index contributed by atoms with van der Waals surface area (Å²) < 4.78 is 26.5. The number of rotatable bonds is 4. The van der Waals surface area contributed by atoms with Gasteiger partial charge in [-0.25, -0.2) is 8.78 Å². The highest BCUT2D eigenvalue weighted by Crippen LogP contribution is 2.23. The van der Waals surface area contributed by atoms with Crippen molar-refractivity contribution in [3.05, 3.63) is 65.5 Å². The van der Waals surface area contributed by atoms with E-state index in [4.69, 9.17) is 5.73 Å². The highest BCUT2D eigenvalue weighted by Gasteiger charge is 2.15. The lowest BCUT2D eigenvalue weighted by molar-refractivity contribution is 0.551. The van der Waals surface area contributed by atoms with Crippen molar-refractivity contribution < 1.29 is 8.78 Å². The Kier molecular flexibility index (Phi) is 3.99. The average Bonchev–Trinajstić information content (AvgIpc) is 2.38. The van der Waals surface area contributed by atoms with Crippen LogP contribution in [0.25, 0.3) is 0 Å². The zero-order chi connectivity index (χ0) is 13.0. The van der Waals surface area contributed by atoms with Crippen LogP contribution in [0.15, 0.2) is 42.7 Å². The van der Waals surface area contributed by atoms with Crippen molar-refractivity contribution in [2.45, 2.75) is 12.3 Å². The average molecular weight is 248 g/mol. The van der Waals surface area contributed by atoms with Crippen LogP contribution in [-0.4, -0.2) is 11.5 Å². The number of hydrogen-bond donors (Lipinski definition) is 1. The fourth-order valence-corrected chi connectivity index (χ4v) is 1.96. The van der Waals surface area contributed by atoms with Crippen LogP contribution in [0.5, 0.6) is 0 Å². The van der Waals surface area contributed by atoms with Gasteiger partial charge < -0.3 is 5.73 Å². The van der Waals surface area contributed by atoms with Crippen LogP contribution in [0.2, 0.25) is 0 Å². The SMILES string of the molecule is NCC(Cc1cccnc1)c1ccc(F)cc1F. The summed E-state index contributed by atoms with van der Waals surface area (Å²) in [6.07, 6.45) is 4.00. The summed E-state index contributed by atoms with van der Waals surface area (Å²) in [5.41, 5.74) is 7.11. The Hall–Kier alpha value is -1.81. The Morgan fingerprint density at radius 1 is 1.22 bits per heavy atom. The summed E-state index contributed by atoms with van der Waals surface area (Å²) in [6, 6.07) is 7.34. The minimum atomic E-state index is -0.576. The van der Waals surface area contributed by atoms with Gasteiger partial charge in [-0.3, -0.25) is 4.98 Å². The molecular weight excluding hydrogens is 234 g/mol. The van der Waals surface area contributed by atoms with Crippen molar-refractivity contribution in [2.75, 3.05) is 6.54 Å². The molecule has 0 amide bonds. The Morgan fingerprint density at radius 2 is 2.06 bits per heavy atom. The normalized spacial score (nSPS) is 12.4. The zero-order valence-electron chi connectivity index (χ0n) is 9.81. The molecule has 0 bridgehead atoms. The van der Waals surface area contributed by atoms with E-state index in [2.05, 4.69) is 4.98 Å². The molecule has 94 valence electrons. The standard InChI is InChI=1S/C14H14F2N2/c15-12-3-4-13(14(16)7-12)11(8-17)6-10-2-1-5-18-9-10/h1-5,7,9,11H,6,8,17H2. The fourth-order valence-electron chi connectivity index (χ4n) is 1.96. The van der Waals surface area contributed by atoms with E-state index in [9.17, 15) is 8.78 Å². The van der Waals surface area contributed by atoms with Gasteiger partial charge in [-0.05, 0) is 36.2 Å². The lowest BCUT2D eigenvalue weighted by atomic mass is 9.92. The zero-order valence-corrected chi connectivity index (χ0v) is 9.81. The Labute approximate surface area is 104 Å². The number of nitrogens with two attached hydrogens (primary N) is 1. The second-order valence-electron chi connectivity index (χ2n) is 4.16. The molecular formula is C14H14F2N2. The number of aromatic nitrogens is 1. The van der Waals surface area contributed by atoms with Crippen LogP contribution in [0.3, 0.4) is 0 Å². The molecule has 0 saturated carbocycles. The van der Waals surface area contributed by atoms with E-state index in [0.29, 0.717) is 18.5 Å². The molecule has 2 nitrogen and oxygen atoms in total.